The number of unbranched alkanes of at least 4 members (excludes halogenated alkanes) is 2. The highest BCUT2D eigenvalue weighted by Crippen LogP contribution is 2.23. The highest BCUT2D eigenvalue weighted by Gasteiger charge is 2.17. The van der Waals surface area contributed by atoms with Crippen molar-refractivity contribution in [3.05, 3.63) is 22.9 Å². The van der Waals surface area contributed by atoms with E-state index in [4.69, 9.17) is 4.74 Å². The van der Waals surface area contributed by atoms with Crippen molar-refractivity contribution in [1.29, 1.82) is 5.26 Å². The molecule has 1 aromatic heterocycles. The van der Waals surface area contributed by atoms with Crippen LogP contribution in [0.2, 0.25) is 0 Å². The number of nitrogens with one attached hydrogen (secondary N) is 1. The minimum absolute atomic E-state index is 0.0890. The molecule has 0 spiro atoms. The zero-order valence-electron chi connectivity index (χ0n) is 14.3. The SMILES string of the molecule is CCCCCNC(=O)CSc1nc(C)c(C(=O)OCC)cc1C#N. The zero-order chi connectivity index (χ0) is 17.9. The van der Waals surface area contributed by atoms with Gasteiger partial charge in [-0.25, -0.2) is 9.78 Å². The van der Waals surface area contributed by atoms with Gasteiger partial charge in [0.1, 0.15) is 11.1 Å². The van der Waals surface area contributed by atoms with Crippen molar-refractivity contribution in [1.82, 2.24) is 10.3 Å². The maximum Gasteiger partial charge on any atom is 0.340 e. The van der Waals surface area contributed by atoms with Crippen molar-refractivity contribution < 1.29 is 14.3 Å². The second-order valence-electron chi connectivity index (χ2n) is 5.15. The van der Waals surface area contributed by atoms with Crippen LogP contribution in [0.5, 0.6) is 0 Å². The standard InChI is InChI=1S/C17H23N3O3S/c1-4-6-7-8-19-15(21)11-24-16-13(10-18)9-14(12(3)20-16)17(22)23-5-2/h9H,4-8,11H2,1-3H3,(H,19,21). The molecule has 0 fully saturated rings. The molecule has 0 unspecified atom stereocenters. The summed E-state index contributed by atoms with van der Waals surface area (Å²) in [5.74, 6) is -0.399. The Morgan fingerprint density at radius 2 is 2.12 bits per heavy atom. The summed E-state index contributed by atoms with van der Waals surface area (Å²) < 4.78 is 4.95. The van der Waals surface area contributed by atoms with Gasteiger partial charge in [0.05, 0.1) is 29.2 Å². The Labute approximate surface area is 147 Å². The minimum atomic E-state index is -0.496. The summed E-state index contributed by atoms with van der Waals surface area (Å²) >= 11 is 1.19. The predicted octanol–water partition coefficient (Wildman–Crippen LogP) is 2.84. The van der Waals surface area contributed by atoms with E-state index in [9.17, 15) is 14.9 Å². The van der Waals surface area contributed by atoms with E-state index in [0.29, 0.717) is 17.3 Å². The average molecular weight is 349 g/mol. The molecule has 1 N–H and O–H groups in total. The van der Waals surface area contributed by atoms with Crippen molar-refractivity contribution in [2.24, 2.45) is 0 Å². The number of nitrogens with zero attached hydrogens (tertiary/aromatic N) is 2. The number of rotatable bonds is 9. The van der Waals surface area contributed by atoms with Gasteiger partial charge in [0, 0.05) is 6.54 Å². The number of pyridine rings is 1. The molecule has 0 bridgehead atoms. The van der Waals surface area contributed by atoms with Crippen LogP contribution < -0.4 is 5.32 Å². The molecule has 0 aliphatic heterocycles. The second kappa shape index (κ2) is 10.7. The molecular formula is C17H23N3O3S. The lowest BCUT2D eigenvalue weighted by Crippen LogP contribution is -2.26. The van der Waals surface area contributed by atoms with E-state index in [2.05, 4.69) is 17.2 Å². The highest BCUT2D eigenvalue weighted by molar-refractivity contribution is 8.00. The van der Waals surface area contributed by atoms with Gasteiger partial charge >= 0.3 is 5.97 Å². The van der Waals surface area contributed by atoms with E-state index in [0.717, 1.165) is 19.3 Å². The molecule has 1 aromatic rings. The number of amides is 1. The number of hydrogen-bond donors (Lipinski definition) is 1. The van der Waals surface area contributed by atoms with Gasteiger partial charge in [0.2, 0.25) is 5.91 Å². The first-order valence-corrected chi connectivity index (χ1v) is 9.00. The fourth-order valence-electron chi connectivity index (χ4n) is 1.98. The fraction of sp³-hybridized carbons (Fsp3) is 0.529. The molecule has 0 saturated heterocycles. The van der Waals surface area contributed by atoms with Gasteiger partial charge < -0.3 is 10.1 Å². The number of hydrogen-bond acceptors (Lipinski definition) is 6. The largest absolute Gasteiger partial charge is 0.462 e. The Hall–Kier alpha value is -2.07. The van der Waals surface area contributed by atoms with Gasteiger partial charge in [-0.15, -0.1) is 0 Å². The lowest BCUT2D eigenvalue weighted by molar-refractivity contribution is -0.118. The lowest BCUT2D eigenvalue weighted by atomic mass is 10.1. The molecule has 130 valence electrons. The summed E-state index contributed by atoms with van der Waals surface area (Å²) in [7, 11) is 0. The predicted molar refractivity (Wildman–Crippen MR) is 92.9 cm³/mol. The van der Waals surface area contributed by atoms with Crippen LogP contribution >= 0.6 is 11.8 Å². The number of thioether (sulfide) groups is 1. The van der Waals surface area contributed by atoms with Crippen LogP contribution in [0.25, 0.3) is 0 Å². The monoisotopic (exact) mass is 349 g/mol. The van der Waals surface area contributed by atoms with Crippen molar-refractivity contribution >= 4 is 23.6 Å². The first-order chi connectivity index (χ1) is 11.5. The van der Waals surface area contributed by atoms with Crippen molar-refractivity contribution in [3.63, 3.8) is 0 Å². The number of aryl methyl sites for hydroxylation is 1. The lowest BCUT2D eigenvalue weighted by Gasteiger charge is -2.09. The van der Waals surface area contributed by atoms with Crippen LogP contribution in [0.15, 0.2) is 11.1 Å². The summed E-state index contributed by atoms with van der Waals surface area (Å²) in [4.78, 5) is 27.9. The summed E-state index contributed by atoms with van der Waals surface area (Å²) in [5, 5.41) is 12.5. The first kappa shape index (κ1) is 20.0. The Kier molecular flexibility index (Phi) is 8.87. The molecule has 0 aliphatic rings. The van der Waals surface area contributed by atoms with Gasteiger partial charge in [-0.3, -0.25) is 4.79 Å². The van der Waals surface area contributed by atoms with Crippen LogP contribution in [-0.2, 0) is 9.53 Å². The number of carbonyl (C=O) groups is 2. The van der Waals surface area contributed by atoms with Crippen molar-refractivity contribution in [2.75, 3.05) is 18.9 Å². The van der Waals surface area contributed by atoms with Gasteiger partial charge in [-0.1, -0.05) is 31.5 Å². The van der Waals surface area contributed by atoms with Crippen LogP contribution in [0.3, 0.4) is 0 Å². The molecule has 1 rings (SSSR count). The summed E-state index contributed by atoms with van der Waals surface area (Å²) in [6, 6.07) is 3.50. The average Bonchev–Trinajstić information content (AvgIpc) is 2.57. The number of nitriles is 1. The number of ether oxygens (including phenoxy) is 1. The summed E-state index contributed by atoms with van der Waals surface area (Å²) in [6.07, 6.45) is 3.15. The second-order valence-corrected chi connectivity index (χ2v) is 6.12. The highest BCUT2D eigenvalue weighted by atomic mass is 32.2. The Balaban J connectivity index is 2.72. The van der Waals surface area contributed by atoms with Crippen LogP contribution in [-0.4, -0.2) is 35.8 Å². The summed E-state index contributed by atoms with van der Waals surface area (Å²) in [6.45, 7) is 6.42. The van der Waals surface area contributed by atoms with E-state index >= 15 is 0 Å². The third-order valence-electron chi connectivity index (χ3n) is 3.24. The summed E-state index contributed by atoms with van der Waals surface area (Å²) in [5.41, 5.74) is 1.03. The molecule has 0 radical (unpaired) electrons. The van der Waals surface area contributed by atoms with Gasteiger partial charge in [-0.2, -0.15) is 5.26 Å². The van der Waals surface area contributed by atoms with E-state index < -0.39 is 5.97 Å². The quantitative estimate of drug-likeness (QED) is 0.419. The van der Waals surface area contributed by atoms with E-state index in [-0.39, 0.29) is 29.4 Å². The molecule has 6 nitrogen and oxygen atoms in total. The molecule has 24 heavy (non-hydrogen) atoms. The Morgan fingerprint density at radius 3 is 2.75 bits per heavy atom. The van der Waals surface area contributed by atoms with E-state index in [1.165, 1.54) is 17.8 Å². The van der Waals surface area contributed by atoms with Crippen molar-refractivity contribution in [3.8, 4) is 6.07 Å². The van der Waals surface area contributed by atoms with Crippen LogP contribution in [0.4, 0.5) is 0 Å². The number of esters is 1. The molecule has 7 heteroatoms. The third kappa shape index (κ3) is 6.20. The molecule has 1 heterocycles. The van der Waals surface area contributed by atoms with E-state index in [1.54, 1.807) is 13.8 Å². The molecular weight excluding hydrogens is 326 g/mol. The molecule has 0 saturated carbocycles. The zero-order valence-corrected chi connectivity index (χ0v) is 15.2. The third-order valence-corrected chi connectivity index (χ3v) is 4.23. The van der Waals surface area contributed by atoms with Gasteiger partial charge in [-0.05, 0) is 26.3 Å². The molecule has 1 amide bonds. The van der Waals surface area contributed by atoms with Crippen LogP contribution in [0, 0.1) is 18.3 Å². The molecule has 0 aromatic carbocycles. The Bertz CT molecular complexity index is 626. The fourth-order valence-corrected chi connectivity index (χ4v) is 2.81. The molecule has 0 aliphatic carbocycles. The van der Waals surface area contributed by atoms with Crippen LogP contribution in [0.1, 0.15) is 54.7 Å². The van der Waals surface area contributed by atoms with Gasteiger partial charge in [0.25, 0.3) is 0 Å². The smallest absolute Gasteiger partial charge is 0.340 e. The van der Waals surface area contributed by atoms with Crippen molar-refractivity contribution in [2.45, 2.75) is 45.1 Å². The molecule has 0 atom stereocenters. The maximum atomic E-state index is 11.8. The normalized spacial score (nSPS) is 10.1. The first-order valence-electron chi connectivity index (χ1n) is 8.01. The number of aromatic nitrogens is 1. The minimum Gasteiger partial charge on any atom is -0.462 e. The topological polar surface area (TPSA) is 92.1 Å². The maximum absolute atomic E-state index is 11.8. The van der Waals surface area contributed by atoms with Gasteiger partial charge in [0.15, 0.2) is 0 Å². The number of carbonyl (C=O) groups excluding carboxylic acids is 2. The Morgan fingerprint density at radius 1 is 1.38 bits per heavy atom. The van der Waals surface area contributed by atoms with E-state index in [1.807, 2.05) is 6.07 Å².